The van der Waals surface area contributed by atoms with E-state index < -0.39 is 0 Å². The van der Waals surface area contributed by atoms with Gasteiger partial charge in [0.2, 0.25) is 0 Å². The number of hydrogen-bond acceptors (Lipinski definition) is 4. The summed E-state index contributed by atoms with van der Waals surface area (Å²) in [5.41, 5.74) is 7.41. The molecule has 3 N–H and O–H groups in total. The second-order valence-corrected chi connectivity index (χ2v) is 3.95. The number of rotatable bonds is 1. The van der Waals surface area contributed by atoms with Crippen LogP contribution in [0.25, 0.3) is 22.4 Å². The Labute approximate surface area is 97.1 Å². The molecule has 0 aliphatic carbocycles. The summed E-state index contributed by atoms with van der Waals surface area (Å²) in [6.45, 7) is 0. The molecule has 86 valence electrons. The number of nitrogens with two attached hydrogens (primary N) is 1. The fraction of sp³-hybridized carbons (Fsp3) is 0.0833. The maximum atomic E-state index is 9.44. The maximum Gasteiger partial charge on any atom is 0.185 e. The molecule has 2 aromatic heterocycles. The molecule has 2 heterocycles. The van der Waals surface area contributed by atoms with Gasteiger partial charge in [0.25, 0.3) is 0 Å². The van der Waals surface area contributed by atoms with Crippen LogP contribution in [0.15, 0.2) is 34.9 Å². The molecule has 0 saturated carbocycles. The SMILES string of the molecule is Cn1c(-c2cc(N)no2)cc2cc(O)ccc21. The van der Waals surface area contributed by atoms with E-state index in [1.807, 2.05) is 23.7 Å². The molecular weight excluding hydrogens is 218 g/mol. The van der Waals surface area contributed by atoms with Gasteiger partial charge in [-0.25, -0.2) is 0 Å². The summed E-state index contributed by atoms with van der Waals surface area (Å²) in [4.78, 5) is 0. The average molecular weight is 229 g/mol. The van der Waals surface area contributed by atoms with Gasteiger partial charge in [0.15, 0.2) is 11.6 Å². The van der Waals surface area contributed by atoms with Gasteiger partial charge in [-0.1, -0.05) is 5.16 Å². The third-order valence-electron chi connectivity index (χ3n) is 2.81. The van der Waals surface area contributed by atoms with Crippen LogP contribution in [0.2, 0.25) is 0 Å². The summed E-state index contributed by atoms with van der Waals surface area (Å²) in [6.07, 6.45) is 0. The molecule has 3 aromatic rings. The Morgan fingerprint density at radius 3 is 2.82 bits per heavy atom. The highest BCUT2D eigenvalue weighted by molar-refractivity contribution is 5.87. The van der Waals surface area contributed by atoms with Gasteiger partial charge in [-0.15, -0.1) is 0 Å². The molecule has 0 unspecified atom stereocenters. The lowest BCUT2D eigenvalue weighted by atomic mass is 10.2. The zero-order valence-electron chi connectivity index (χ0n) is 9.21. The first kappa shape index (κ1) is 9.77. The number of benzene rings is 1. The zero-order chi connectivity index (χ0) is 12.0. The Morgan fingerprint density at radius 1 is 1.29 bits per heavy atom. The van der Waals surface area contributed by atoms with Gasteiger partial charge in [-0.05, 0) is 24.3 Å². The number of anilines is 1. The zero-order valence-corrected chi connectivity index (χ0v) is 9.21. The molecule has 0 saturated heterocycles. The van der Waals surface area contributed by atoms with Crippen molar-refractivity contribution in [3.8, 4) is 17.2 Å². The Balaban J connectivity index is 2.27. The summed E-state index contributed by atoms with van der Waals surface area (Å²) in [5.74, 6) is 1.21. The molecule has 0 atom stereocenters. The number of fused-ring (bicyclic) bond motifs is 1. The molecule has 0 aliphatic heterocycles. The van der Waals surface area contributed by atoms with Gasteiger partial charge in [0.05, 0.1) is 5.69 Å². The van der Waals surface area contributed by atoms with Gasteiger partial charge in [0.1, 0.15) is 5.75 Å². The fourth-order valence-electron chi connectivity index (χ4n) is 1.98. The highest BCUT2D eigenvalue weighted by atomic mass is 16.5. The summed E-state index contributed by atoms with van der Waals surface area (Å²) in [6, 6.07) is 8.82. The summed E-state index contributed by atoms with van der Waals surface area (Å²) < 4.78 is 7.10. The molecule has 0 bridgehead atoms. The molecule has 0 aliphatic rings. The van der Waals surface area contributed by atoms with Crippen molar-refractivity contribution in [1.82, 2.24) is 9.72 Å². The van der Waals surface area contributed by atoms with E-state index in [1.54, 1.807) is 18.2 Å². The molecule has 5 nitrogen and oxygen atoms in total. The van der Waals surface area contributed by atoms with E-state index in [9.17, 15) is 5.11 Å². The largest absolute Gasteiger partial charge is 0.508 e. The molecular formula is C12H11N3O2. The minimum absolute atomic E-state index is 0.242. The number of phenols is 1. The Hall–Kier alpha value is -2.43. The smallest absolute Gasteiger partial charge is 0.185 e. The van der Waals surface area contributed by atoms with Crippen molar-refractivity contribution in [1.29, 1.82) is 0 Å². The lowest BCUT2D eigenvalue weighted by Gasteiger charge is -1.99. The van der Waals surface area contributed by atoms with Crippen LogP contribution >= 0.6 is 0 Å². The Bertz CT molecular complexity index is 697. The van der Waals surface area contributed by atoms with Crippen molar-refractivity contribution in [2.45, 2.75) is 0 Å². The van der Waals surface area contributed by atoms with E-state index in [-0.39, 0.29) is 5.75 Å². The molecule has 1 aromatic carbocycles. The molecule has 0 radical (unpaired) electrons. The second kappa shape index (κ2) is 3.28. The minimum atomic E-state index is 0.242. The van der Waals surface area contributed by atoms with Crippen LogP contribution < -0.4 is 5.73 Å². The number of aromatic nitrogens is 2. The maximum absolute atomic E-state index is 9.44. The third kappa shape index (κ3) is 1.44. The van der Waals surface area contributed by atoms with Gasteiger partial charge >= 0.3 is 0 Å². The number of nitrogen functional groups attached to an aromatic ring is 1. The molecule has 0 spiro atoms. The Kier molecular flexibility index (Phi) is 1.89. The fourth-order valence-corrected chi connectivity index (χ4v) is 1.98. The van der Waals surface area contributed by atoms with E-state index in [2.05, 4.69) is 5.16 Å². The van der Waals surface area contributed by atoms with Gasteiger partial charge in [-0.3, -0.25) is 0 Å². The first-order valence-corrected chi connectivity index (χ1v) is 5.16. The van der Waals surface area contributed by atoms with Crippen LogP contribution in [-0.2, 0) is 7.05 Å². The molecule has 5 heteroatoms. The predicted octanol–water partition coefficient (Wildman–Crippen LogP) is 2.12. The first-order chi connectivity index (χ1) is 8.15. The highest BCUT2D eigenvalue weighted by Crippen LogP contribution is 2.29. The van der Waals surface area contributed by atoms with Crippen LogP contribution in [0.4, 0.5) is 5.82 Å². The van der Waals surface area contributed by atoms with Crippen LogP contribution in [0.5, 0.6) is 5.75 Å². The van der Waals surface area contributed by atoms with Crippen molar-refractivity contribution in [2.24, 2.45) is 7.05 Å². The standard InChI is InChI=1S/C12H11N3O2/c1-15-9-3-2-8(16)4-7(9)5-10(15)11-6-12(13)14-17-11/h2-6,16H,1H3,(H2,13,14). The normalized spacial score (nSPS) is 11.1. The van der Waals surface area contributed by atoms with Crippen LogP contribution in [0, 0.1) is 0 Å². The second-order valence-electron chi connectivity index (χ2n) is 3.95. The molecule has 17 heavy (non-hydrogen) atoms. The van der Waals surface area contributed by atoms with Gasteiger partial charge < -0.3 is 19.9 Å². The average Bonchev–Trinajstić information content (AvgIpc) is 2.83. The number of aryl methyl sites for hydroxylation is 1. The number of nitrogens with zero attached hydrogens (tertiary/aromatic N) is 2. The third-order valence-corrected chi connectivity index (χ3v) is 2.81. The lowest BCUT2D eigenvalue weighted by Crippen LogP contribution is -1.89. The molecule has 0 amide bonds. The molecule has 0 fully saturated rings. The van der Waals surface area contributed by atoms with Crippen molar-refractivity contribution in [2.75, 3.05) is 5.73 Å². The van der Waals surface area contributed by atoms with E-state index in [4.69, 9.17) is 10.3 Å². The summed E-state index contributed by atoms with van der Waals surface area (Å²) >= 11 is 0. The first-order valence-electron chi connectivity index (χ1n) is 5.16. The number of hydrogen-bond donors (Lipinski definition) is 2. The van der Waals surface area contributed by atoms with Crippen molar-refractivity contribution >= 4 is 16.7 Å². The van der Waals surface area contributed by atoms with E-state index in [0.29, 0.717) is 11.6 Å². The summed E-state index contributed by atoms with van der Waals surface area (Å²) in [5, 5.41) is 14.0. The number of aromatic hydroxyl groups is 1. The van der Waals surface area contributed by atoms with Crippen molar-refractivity contribution < 1.29 is 9.63 Å². The topological polar surface area (TPSA) is 77.2 Å². The van der Waals surface area contributed by atoms with Gasteiger partial charge in [-0.2, -0.15) is 0 Å². The summed E-state index contributed by atoms with van der Waals surface area (Å²) in [7, 11) is 1.92. The van der Waals surface area contributed by atoms with Crippen LogP contribution in [-0.4, -0.2) is 14.8 Å². The van der Waals surface area contributed by atoms with Crippen molar-refractivity contribution in [3.63, 3.8) is 0 Å². The highest BCUT2D eigenvalue weighted by Gasteiger charge is 2.12. The predicted molar refractivity (Wildman–Crippen MR) is 64.5 cm³/mol. The van der Waals surface area contributed by atoms with Crippen molar-refractivity contribution in [3.05, 3.63) is 30.3 Å². The lowest BCUT2D eigenvalue weighted by molar-refractivity contribution is 0.433. The monoisotopic (exact) mass is 229 g/mol. The van der Waals surface area contributed by atoms with Gasteiger partial charge in [0, 0.05) is 24.0 Å². The quantitative estimate of drug-likeness (QED) is 0.670. The molecule has 3 rings (SSSR count). The van der Waals surface area contributed by atoms with Crippen LogP contribution in [0.1, 0.15) is 0 Å². The Morgan fingerprint density at radius 2 is 2.12 bits per heavy atom. The van der Waals surface area contributed by atoms with Crippen LogP contribution in [0.3, 0.4) is 0 Å². The van der Waals surface area contributed by atoms with E-state index in [0.717, 1.165) is 16.6 Å². The minimum Gasteiger partial charge on any atom is -0.508 e. The number of phenolic OH excluding ortho intramolecular Hbond substituents is 1. The van der Waals surface area contributed by atoms with E-state index in [1.165, 1.54) is 0 Å². The van der Waals surface area contributed by atoms with E-state index >= 15 is 0 Å².